The molecule has 2 fully saturated rings. The summed E-state index contributed by atoms with van der Waals surface area (Å²) in [7, 11) is -3.60. The van der Waals surface area contributed by atoms with Crippen LogP contribution in [0.5, 0.6) is 0 Å². The SMILES string of the molecule is CCCCc1cc(-c2ccc(F)cc2)cc(N2CCN(CCC3CCCN3S(=O)(=O)c3cccc4cnccc34)CC2)n1. The number of aryl methyl sites for hydroxylation is 1. The lowest BCUT2D eigenvalue weighted by atomic mass is 10.0. The number of rotatable bonds is 10. The number of pyridine rings is 2. The number of unbranched alkanes of at least 4 members (excludes halogenated alkanes) is 1. The van der Waals surface area contributed by atoms with Gasteiger partial charge >= 0.3 is 0 Å². The van der Waals surface area contributed by atoms with E-state index in [0.29, 0.717) is 11.4 Å². The average Bonchev–Trinajstić information content (AvgIpc) is 3.53. The topological polar surface area (TPSA) is 69.6 Å². The third-order valence-corrected chi connectivity index (χ3v) is 10.9. The maximum Gasteiger partial charge on any atom is 0.243 e. The van der Waals surface area contributed by atoms with E-state index >= 15 is 0 Å². The largest absolute Gasteiger partial charge is 0.354 e. The van der Waals surface area contributed by atoms with E-state index in [2.05, 4.69) is 33.8 Å². The number of aromatic nitrogens is 2. The summed E-state index contributed by atoms with van der Waals surface area (Å²) >= 11 is 0. The van der Waals surface area contributed by atoms with Crippen molar-refractivity contribution in [2.45, 2.75) is 56.4 Å². The van der Waals surface area contributed by atoms with Crippen LogP contribution in [0.4, 0.5) is 10.2 Å². The van der Waals surface area contributed by atoms with Gasteiger partial charge in [-0.25, -0.2) is 17.8 Å². The Balaban J connectivity index is 1.10. The summed E-state index contributed by atoms with van der Waals surface area (Å²) in [4.78, 5) is 14.3. The van der Waals surface area contributed by atoms with Crippen molar-refractivity contribution in [3.05, 3.63) is 84.6 Å². The van der Waals surface area contributed by atoms with E-state index < -0.39 is 10.0 Å². The summed E-state index contributed by atoms with van der Waals surface area (Å²) < 4.78 is 42.9. The van der Waals surface area contributed by atoms with Crippen LogP contribution in [-0.2, 0) is 16.4 Å². The molecule has 0 radical (unpaired) electrons. The first-order valence-electron chi connectivity index (χ1n) is 15.5. The summed E-state index contributed by atoms with van der Waals surface area (Å²) in [5.41, 5.74) is 3.15. The molecule has 0 aliphatic carbocycles. The van der Waals surface area contributed by atoms with E-state index in [4.69, 9.17) is 4.98 Å². The van der Waals surface area contributed by atoms with E-state index in [-0.39, 0.29) is 11.9 Å². The van der Waals surface area contributed by atoms with Gasteiger partial charge in [-0.2, -0.15) is 4.31 Å². The van der Waals surface area contributed by atoms with Crippen LogP contribution in [0.15, 0.2) is 78.0 Å². The van der Waals surface area contributed by atoms with E-state index in [1.807, 2.05) is 18.2 Å². The van der Waals surface area contributed by atoms with Crippen LogP contribution >= 0.6 is 0 Å². The molecule has 0 spiro atoms. The van der Waals surface area contributed by atoms with Gasteiger partial charge in [0.25, 0.3) is 0 Å². The Kier molecular flexibility index (Phi) is 9.02. The average molecular weight is 602 g/mol. The zero-order chi connectivity index (χ0) is 29.8. The third kappa shape index (κ3) is 6.59. The highest BCUT2D eigenvalue weighted by Crippen LogP contribution is 2.32. The van der Waals surface area contributed by atoms with Gasteiger partial charge in [-0.1, -0.05) is 37.6 Å². The number of hydrogen-bond donors (Lipinski definition) is 0. The molecule has 4 aromatic rings. The second-order valence-corrected chi connectivity index (χ2v) is 13.6. The highest BCUT2D eigenvalue weighted by molar-refractivity contribution is 7.89. The number of halogens is 1. The van der Waals surface area contributed by atoms with Crippen LogP contribution in [0.3, 0.4) is 0 Å². The second-order valence-electron chi connectivity index (χ2n) is 11.7. The van der Waals surface area contributed by atoms with Crippen molar-refractivity contribution < 1.29 is 12.8 Å². The quantitative estimate of drug-likeness (QED) is 0.217. The Hall–Kier alpha value is -3.40. The minimum absolute atomic E-state index is 0.00954. The van der Waals surface area contributed by atoms with Crippen LogP contribution in [0.25, 0.3) is 21.9 Å². The predicted octanol–water partition coefficient (Wildman–Crippen LogP) is 6.14. The second kappa shape index (κ2) is 13.1. The Morgan fingerprint density at radius 2 is 1.77 bits per heavy atom. The van der Waals surface area contributed by atoms with Gasteiger partial charge < -0.3 is 4.90 Å². The van der Waals surface area contributed by atoms with E-state index in [1.165, 1.54) is 12.1 Å². The zero-order valence-corrected chi connectivity index (χ0v) is 25.6. The van der Waals surface area contributed by atoms with Crippen molar-refractivity contribution in [3.8, 4) is 11.1 Å². The fraction of sp³-hybridized carbons (Fsp3) is 0.412. The van der Waals surface area contributed by atoms with Crippen molar-refractivity contribution >= 4 is 26.6 Å². The summed E-state index contributed by atoms with van der Waals surface area (Å²) in [6.45, 7) is 7.16. The molecule has 9 heteroatoms. The molecule has 2 aliphatic rings. The Morgan fingerprint density at radius 3 is 2.56 bits per heavy atom. The molecular formula is C34H40FN5O2S. The summed E-state index contributed by atoms with van der Waals surface area (Å²) in [5, 5.41) is 1.57. The summed E-state index contributed by atoms with van der Waals surface area (Å²) in [6.07, 6.45) is 9.10. The standard InChI is InChI=1S/C34H40FN5O2S/c1-2-3-7-30-23-28(26-10-12-29(35)13-11-26)24-34(37-30)39-21-19-38(20-22-39)18-15-31-8-5-17-40(31)43(41,42)33-9-4-6-27-25-36-16-14-32(27)33/h4,6,9-14,16,23-25,31H,2-3,5,7-8,15,17-22H2,1H3. The van der Waals surface area contributed by atoms with Crippen molar-refractivity contribution in [3.63, 3.8) is 0 Å². The monoisotopic (exact) mass is 601 g/mol. The number of fused-ring (bicyclic) bond motifs is 1. The van der Waals surface area contributed by atoms with E-state index in [0.717, 1.165) is 105 Å². The molecule has 2 saturated heterocycles. The number of sulfonamides is 1. The van der Waals surface area contributed by atoms with Gasteiger partial charge in [0, 0.05) is 67.6 Å². The van der Waals surface area contributed by atoms with Gasteiger partial charge in [0.1, 0.15) is 11.6 Å². The molecule has 0 bridgehead atoms. The molecule has 0 amide bonds. The van der Waals surface area contributed by atoms with Crippen LogP contribution in [0.2, 0.25) is 0 Å². The van der Waals surface area contributed by atoms with Crippen LogP contribution in [0, 0.1) is 5.82 Å². The van der Waals surface area contributed by atoms with Crippen molar-refractivity contribution in [1.29, 1.82) is 0 Å². The number of piperazine rings is 1. The number of benzene rings is 2. The molecule has 0 N–H and O–H groups in total. The highest BCUT2D eigenvalue weighted by atomic mass is 32.2. The smallest absolute Gasteiger partial charge is 0.243 e. The first kappa shape index (κ1) is 29.7. The molecule has 2 aliphatic heterocycles. The number of nitrogens with zero attached hydrogens (tertiary/aromatic N) is 5. The molecule has 1 atom stereocenters. The lowest BCUT2D eigenvalue weighted by Crippen LogP contribution is -2.48. The lowest BCUT2D eigenvalue weighted by molar-refractivity contribution is 0.231. The first-order chi connectivity index (χ1) is 20.9. The molecular weight excluding hydrogens is 561 g/mol. The molecule has 7 nitrogen and oxygen atoms in total. The zero-order valence-electron chi connectivity index (χ0n) is 24.8. The van der Waals surface area contributed by atoms with Gasteiger partial charge in [0.2, 0.25) is 10.0 Å². The maximum absolute atomic E-state index is 13.8. The molecule has 0 saturated carbocycles. The van der Waals surface area contributed by atoms with Crippen LogP contribution in [-0.4, -0.2) is 72.9 Å². The van der Waals surface area contributed by atoms with Gasteiger partial charge in [-0.3, -0.25) is 9.88 Å². The fourth-order valence-corrected chi connectivity index (χ4v) is 8.36. The number of hydrogen-bond acceptors (Lipinski definition) is 6. The van der Waals surface area contributed by atoms with Gasteiger partial charge in [0.15, 0.2) is 0 Å². The minimum atomic E-state index is -3.60. The fourth-order valence-electron chi connectivity index (χ4n) is 6.42. The lowest BCUT2D eigenvalue weighted by Gasteiger charge is -2.36. The third-order valence-electron chi connectivity index (χ3n) is 8.85. The van der Waals surface area contributed by atoms with Gasteiger partial charge in [-0.05, 0) is 86.2 Å². The molecule has 2 aromatic heterocycles. The molecule has 226 valence electrons. The predicted molar refractivity (Wildman–Crippen MR) is 170 cm³/mol. The first-order valence-corrected chi connectivity index (χ1v) is 16.9. The van der Waals surface area contributed by atoms with Crippen molar-refractivity contribution in [2.24, 2.45) is 0 Å². The van der Waals surface area contributed by atoms with Crippen LogP contribution < -0.4 is 4.90 Å². The molecule has 43 heavy (non-hydrogen) atoms. The normalized spacial score (nSPS) is 18.5. The van der Waals surface area contributed by atoms with E-state index in [9.17, 15) is 12.8 Å². The van der Waals surface area contributed by atoms with Crippen molar-refractivity contribution in [1.82, 2.24) is 19.2 Å². The molecule has 2 aromatic carbocycles. The minimum Gasteiger partial charge on any atom is -0.354 e. The van der Waals surface area contributed by atoms with Crippen molar-refractivity contribution in [2.75, 3.05) is 44.2 Å². The van der Waals surface area contributed by atoms with Crippen LogP contribution in [0.1, 0.15) is 44.7 Å². The Labute approximate surface area is 254 Å². The molecule has 6 rings (SSSR count). The summed E-state index contributed by atoms with van der Waals surface area (Å²) in [6, 6.07) is 18.2. The Bertz CT molecular complexity index is 1650. The molecule has 4 heterocycles. The number of anilines is 1. The van der Waals surface area contributed by atoms with Gasteiger partial charge in [-0.15, -0.1) is 0 Å². The molecule has 1 unspecified atom stereocenters. The highest BCUT2D eigenvalue weighted by Gasteiger charge is 2.36. The summed E-state index contributed by atoms with van der Waals surface area (Å²) in [5.74, 6) is 0.746. The van der Waals surface area contributed by atoms with Gasteiger partial charge in [0.05, 0.1) is 4.90 Å². The maximum atomic E-state index is 13.8. The Morgan fingerprint density at radius 1 is 0.953 bits per heavy atom. The van der Waals surface area contributed by atoms with E-state index in [1.54, 1.807) is 34.9 Å².